The minimum Gasteiger partial charge on any atom is -0.395 e. The first-order chi connectivity index (χ1) is 19.1. The maximum absolute atomic E-state index is 12.9. The summed E-state index contributed by atoms with van der Waals surface area (Å²) >= 11 is 0. The lowest BCUT2D eigenvalue weighted by molar-refractivity contribution is -0.117. The molecule has 1 saturated heterocycles. The third-order valence-electron chi connectivity index (χ3n) is 7.75. The number of piperidine rings is 1. The zero-order valence-electron chi connectivity index (χ0n) is 23.8. The van der Waals surface area contributed by atoms with Crippen LogP contribution in [0.15, 0.2) is 42.6 Å². The van der Waals surface area contributed by atoms with Crippen molar-refractivity contribution < 1.29 is 18.3 Å². The summed E-state index contributed by atoms with van der Waals surface area (Å²) in [6.45, 7) is 4.42. The highest BCUT2D eigenvalue weighted by molar-refractivity contribution is 7.89. The average molecular weight is 570 g/mol. The normalized spacial score (nSPS) is 16.1. The number of nitrogens with zero attached hydrogens (tertiary/aromatic N) is 2. The van der Waals surface area contributed by atoms with Crippen molar-refractivity contribution >= 4 is 26.8 Å². The molecule has 218 valence electrons. The average Bonchev–Trinajstić information content (AvgIpc) is 3.36. The molecule has 1 atom stereocenters. The van der Waals surface area contributed by atoms with Crippen molar-refractivity contribution in [3.8, 4) is 11.1 Å². The molecule has 0 unspecified atom stereocenters. The number of aromatic amines is 1. The van der Waals surface area contributed by atoms with Crippen LogP contribution in [0, 0.1) is 0 Å². The van der Waals surface area contributed by atoms with E-state index in [1.54, 1.807) is 4.31 Å². The Morgan fingerprint density at radius 2 is 1.95 bits per heavy atom. The van der Waals surface area contributed by atoms with Crippen LogP contribution in [0.25, 0.3) is 22.0 Å². The van der Waals surface area contributed by atoms with Crippen molar-refractivity contribution in [3.63, 3.8) is 0 Å². The number of H-pyrrole nitrogens is 1. The Labute approximate surface area is 237 Å². The van der Waals surface area contributed by atoms with Crippen LogP contribution in [-0.2, 0) is 27.8 Å². The fourth-order valence-corrected chi connectivity index (χ4v) is 7.03. The molecule has 4 rings (SSSR count). The monoisotopic (exact) mass is 569 g/mol. The minimum atomic E-state index is -3.26. The van der Waals surface area contributed by atoms with Gasteiger partial charge in [0.05, 0.1) is 18.8 Å². The van der Waals surface area contributed by atoms with Gasteiger partial charge < -0.3 is 26.0 Å². The molecule has 0 bridgehead atoms. The number of nitrogens with two attached hydrogens (primary N) is 1. The molecule has 5 N–H and O–H groups in total. The van der Waals surface area contributed by atoms with Gasteiger partial charge >= 0.3 is 0 Å². The summed E-state index contributed by atoms with van der Waals surface area (Å²) in [5.74, 6) is 0.00322. The molecule has 2 heterocycles. The molecule has 1 amide bonds. The number of amides is 1. The number of aliphatic hydroxyl groups is 1. The Hall–Kier alpha value is -2.76. The van der Waals surface area contributed by atoms with Gasteiger partial charge in [0.2, 0.25) is 15.9 Å². The van der Waals surface area contributed by atoms with E-state index in [4.69, 9.17) is 5.73 Å². The van der Waals surface area contributed by atoms with E-state index in [2.05, 4.69) is 28.5 Å². The number of benzene rings is 2. The first-order valence-corrected chi connectivity index (χ1v) is 15.7. The van der Waals surface area contributed by atoms with Gasteiger partial charge in [0.25, 0.3) is 0 Å². The summed E-state index contributed by atoms with van der Waals surface area (Å²) in [7, 11) is 0.639. The van der Waals surface area contributed by atoms with E-state index in [9.17, 15) is 18.3 Å². The molecule has 3 aromatic rings. The van der Waals surface area contributed by atoms with E-state index in [-0.39, 0.29) is 30.7 Å². The highest BCUT2D eigenvalue weighted by Gasteiger charge is 2.29. The number of carbonyl (C=O) groups excluding carboxylic acids is 1. The number of rotatable bonds is 13. The van der Waals surface area contributed by atoms with Crippen LogP contribution < -0.4 is 11.1 Å². The van der Waals surface area contributed by atoms with Gasteiger partial charge in [-0.2, -0.15) is 0 Å². The number of fused-ring (bicyclic) bond motifs is 1. The Balaban J connectivity index is 1.59. The van der Waals surface area contributed by atoms with Crippen molar-refractivity contribution in [2.24, 2.45) is 5.73 Å². The van der Waals surface area contributed by atoms with Crippen LogP contribution in [0.1, 0.15) is 48.8 Å². The van der Waals surface area contributed by atoms with Crippen molar-refractivity contribution in [2.45, 2.75) is 51.1 Å². The molecule has 0 radical (unpaired) electrons. The molecule has 9 nitrogen and oxygen atoms in total. The van der Waals surface area contributed by atoms with Gasteiger partial charge in [-0.15, -0.1) is 0 Å². The summed E-state index contributed by atoms with van der Waals surface area (Å²) in [6.07, 6.45) is 4.27. The van der Waals surface area contributed by atoms with Crippen LogP contribution in [0.4, 0.5) is 0 Å². The Morgan fingerprint density at radius 1 is 1.20 bits per heavy atom. The second-order valence-electron chi connectivity index (χ2n) is 11.3. The van der Waals surface area contributed by atoms with Crippen molar-refractivity contribution in [2.75, 3.05) is 46.1 Å². The van der Waals surface area contributed by atoms with E-state index >= 15 is 0 Å². The highest BCUT2D eigenvalue weighted by Crippen LogP contribution is 2.37. The zero-order chi connectivity index (χ0) is 28.9. The molecule has 1 aromatic heterocycles. The molecule has 1 fully saturated rings. The lowest BCUT2D eigenvalue weighted by atomic mass is 9.88. The predicted octanol–water partition coefficient (Wildman–Crippen LogP) is 2.79. The number of carbonyl (C=O) groups is 1. The second-order valence-corrected chi connectivity index (χ2v) is 13.3. The summed E-state index contributed by atoms with van der Waals surface area (Å²) in [5, 5.41) is 13.7. The smallest absolute Gasteiger partial charge is 0.221 e. The molecular formula is C30H43N5O4S. The maximum atomic E-state index is 12.9. The largest absolute Gasteiger partial charge is 0.395 e. The molecule has 0 spiro atoms. The van der Waals surface area contributed by atoms with Crippen molar-refractivity contribution in [3.05, 3.63) is 59.3 Å². The topological polar surface area (TPSA) is 132 Å². The number of aromatic nitrogens is 1. The second kappa shape index (κ2) is 13.3. The number of aliphatic hydroxyl groups excluding tert-OH is 1. The van der Waals surface area contributed by atoms with Gasteiger partial charge in [0.1, 0.15) is 0 Å². The minimum absolute atomic E-state index is 0.00374. The van der Waals surface area contributed by atoms with Gasteiger partial charge in [0, 0.05) is 42.8 Å². The Bertz CT molecular complexity index is 1410. The van der Waals surface area contributed by atoms with Gasteiger partial charge in [-0.3, -0.25) is 4.79 Å². The Kier molecular flexibility index (Phi) is 10.0. The van der Waals surface area contributed by atoms with Crippen LogP contribution in [0.2, 0.25) is 0 Å². The van der Waals surface area contributed by atoms with Crippen LogP contribution in [0.3, 0.4) is 0 Å². The molecule has 0 aliphatic carbocycles. The fraction of sp³-hybridized carbons (Fsp3) is 0.500. The van der Waals surface area contributed by atoms with E-state index in [1.165, 1.54) is 0 Å². The number of hydrogen-bond donors (Lipinski definition) is 4. The number of nitrogens with one attached hydrogen (secondary N) is 2. The van der Waals surface area contributed by atoms with E-state index < -0.39 is 15.9 Å². The highest BCUT2D eigenvalue weighted by atomic mass is 32.2. The van der Waals surface area contributed by atoms with E-state index in [0.29, 0.717) is 26.1 Å². The first-order valence-electron chi connectivity index (χ1n) is 14.1. The number of sulfonamides is 1. The van der Waals surface area contributed by atoms with Crippen LogP contribution in [-0.4, -0.2) is 85.8 Å². The first kappa shape index (κ1) is 30.2. The van der Waals surface area contributed by atoms with Gasteiger partial charge in [-0.05, 0) is 98.8 Å². The van der Waals surface area contributed by atoms with E-state index in [0.717, 1.165) is 58.1 Å². The summed E-state index contributed by atoms with van der Waals surface area (Å²) in [6, 6.07) is 12.4. The standard InChI is InChI=1S/C30H43N5O4S/c1-21(20-36)32-18-22-6-4-7-24(14-22)25-15-26(17-29(31)37)30-27(16-25)28(19-33-30)23-8-11-35(12-9-23)40(38,39)13-5-10-34(2)3/h4,6-7,14-16,19,21,23,32-33,36H,5,8-13,17-18,20H2,1-3H3,(H2,31,37)/t21-/m0/s1. The Morgan fingerprint density at radius 3 is 2.62 bits per heavy atom. The molecular weight excluding hydrogens is 526 g/mol. The van der Waals surface area contributed by atoms with Gasteiger partial charge in [-0.1, -0.05) is 18.2 Å². The summed E-state index contributed by atoms with van der Waals surface area (Å²) in [4.78, 5) is 17.4. The van der Waals surface area contributed by atoms with Gasteiger partial charge in [-0.25, -0.2) is 12.7 Å². The lowest BCUT2D eigenvalue weighted by Crippen LogP contribution is -2.39. The lowest BCUT2D eigenvalue weighted by Gasteiger charge is -2.31. The predicted molar refractivity (Wildman–Crippen MR) is 161 cm³/mol. The number of hydrogen-bond acceptors (Lipinski definition) is 6. The zero-order valence-corrected chi connectivity index (χ0v) is 24.6. The SMILES string of the molecule is C[C@@H](CO)NCc1cccc(-c2cc(CC(N)=O)c3[nH]cc(C4CCN(S(=O)(=O)CCCN(C)C)CC4)c3c2)c1. The number of primary amides is 1. The molecule has 10 heteroatoms. The van der Waals surface area contributed by atoms with E-state index in [1.807, 2.05) is 50.3 Å². The molecule has 0 saturated carbocycles. The van der Waals surface area contributed by atoms with Crippen molar-refractivity contribution in [1.29, 1.82) is 0 Å². The van der Waals surface area contributed by atoms with Crippen LogP contribution >= 0.6 is 0 Å². The molecule has 1 aliphatic heterocycles. The summed E-state index contributed by atoms with van der Waals surface area (Å²) < 4.78 is 27.4. The fourth-order valence-electron chi connectivity index (χ4n) is 5.51. The quantitative estimate of drug-likeness (QED) is 0.250. The molecule has 1 aliphatic rings. The third-order valence-corrected chi connectivity index (χ3v) is 9.71. The van der Waals surface area contributed by atoms with Crippen LogP contribution in [0.5, 0.6) is 0 Å². The molecule has 2 aromatic carbocycles. The van der Waals surface area contributed by atoms with Crippen molar-refractivity contribution in [1.82, 2.24) is 19.5 Å². The van der Waals surface area contributed by atoms with Gasteiger partial charge in [0.15, 0.2) is 0 Å². The third kappa shape index (κ3) is 7.50. The molecule has 40 heavy (non-hydrogen) atoms. The maximum Gasteiger partial charge on any atom is 0.221 e. The summed E-state index contributed by atoms with van der Waals surface area (Å²) in [5.41, 5.74) is 11.7.